The predicted molar refractivity (Wildman–Crippen MR) is 55.1 cm³/mol. The zero-order valence-corrected chi connectivity index (χ0v) is 8.53. The molecule has 1 atom stereocenters. The highest BCUT2D eigenvalue weighted by molar-refractivity contribution is 7.10. The molecule has 1 N–H and O–H groups in total. The van der Waals surface area contributed by atoms with Crippen LogP contribution in [0.15, 0.2) is 29.9 Å². The van der Waals surface area contributed by atoms with Crippen LogP contribution in [0.1, 0.15) is 22.4 Å². The number of hydrogen-bond donors (Lipinski definition) is 1. The van der Waals surface area contributed by atoms with Gasteiger partial charge in [-0.15, -0.1) is 11.3 Å². The molecular formula is C10H10N2OS. The van der Waals surface area contributed by atoms with Gasteiger partial charge in [0.25, 0.3) is 0 Å². The van der Waals surface area contributed by atoms with Gasteiger partial charge in [-0.2, -0.15) is 0 Å². The van der Waals surface area contributed by atoms with Crippen LogP contribution in [0.2, 0.25) is 0 Å². The molecule has 0 spiro atoms. The Morgan fingerprint density at radius 2 is 2.07 bits per heavy atom. The van der Waals surface area contributed by atoms with Gasteiger partial charge in [0.2, 0.25) is 0 Å². The van der Waals surface area contributed by atoms with Crippen molar-refractivity contribution in [3.05, 3.63) is 46.2 Å². The third-order valence-electron chi connectivity index (χ3n) is 2.02. The van der Waals surface area contributed by atoms with E-state index in [9.17, 15) is 5.11 Å². The molecule has 0 aliphatic heterocycles. The summed E-state index contributed by atoms with van der Waals surface area (Å²) in [5.41, 5.74) is 0.890. The molecule has 1 unspecified atom stereocenters. The molecule has 2 aromatic heterocycles. The first kappa shape index (κ1) is 9.30. The number of aromatic nitrogens is 2. The fourth-order valence-corrected chi connectivity index (χ4v) is 2.00. The molecular weight excluding hydrogens is 196 g/mol. The van der Waals surface area contributed by atoms with Gasteiger partial charge in [-0.3, -0.25) is 0 Å². The number of hydrogen-bond acceptors (Lipinski definition) is 4. The quantitative estimate of drug-likeness (QED) is 0.816. The van der Waals surface area contributed by atoms with Crippen LogP contribution in [0, 0.1) is 6.92 Å². The summed E-state index contributed by atoms with van der Waals surface area (Å²) in [7, 11) is 0. The summed E-state index contributed by atoms with van der Waals surface area (Å²) in [6.07, 6.45) is 2.56. The van der Waals surface area contributed by atoms with E-state index in [0.717, 1.165) is 10.4 Å². The largest absolute Gasteiger partial charge is 0.380 e. The minimum absolute atomic E-state index is 0.453. The topological polar surface area (TPSA) is 46.0 Å². The zero-order chi connectivity index (χ0) is 9.97. The Hall–Kier alpha value is -1.26. The highest BCUT2D eigenvalue weighted by Crippen LogP contribution is 2.25. The first-order valence-corrected chi connectivity index (χ1v) is 5.16. The third-order valence-corrected chi connectivity index (χ3v) is 2.89. The second-order valence-electron chi connectivity index (χ2n) is 2.94. The van der Waals surface area contributed by atoms with E-state index in [-0.39, 0.29) is 0 Å². The second kappa shape index (κ2) is 3.86. The summed E-state index contributed by atoms with van der Waals surface area (Å²) < 4.78 is 0. The number of rotatable bonds is 2. The molecule has 0 saturated heterocycles. The van der Waals surface area contributed by atoms with Gasteiger partial charge in [0, 0.05) is 22.8 Å². The van der Waals surface area contributed by atoms with Crippen LogP contribution < -0.4 is 0 Å². The van der Waals surface area contributed by atoms with Gasteiger partial charge in [-0.25, -0.2) is 9.97 Å². The van der Waals surface area contributed by atoms with E-state index in [1.807, 2.05) is 18.4 Å². The Morgan fingerprint density at radius 1 is 1.36 bits per heavy atom. The summed E-state index contributed by atoms with van der Waals surface area (Å²) in [6, 6.07) is 3.64. The Bertz CT molecular complexity index is 413. The Labute approximate surface area is 86.1 Å². The van der Waals surface area contributed by atoms with E-state index in [1.165, 1.54) is 0 Å². The molecule has 2 aromatic rings. The third kappa shape index (κ3) is 1.66. The SMILES string of the molecule is Cc1sccc1C(O)c1ncccn1. The molecule has 0 aromatic carbocycles. The summed E-state index contributed by atoms with van der Waals surface area (Å²) in [6.45, 7) is 1.98. The number of nitrogens with zero attached hydrogens (tertiary/aromatic N) is 2. The second-order valence-corrected chi connectivity index (χ2v) is 4.06. The maximum atomic E-state index is 9.94. The lowest BCUT2D eigenvalue weighted by molar-refractivity contribution is 0.209. The summed E-state index contributed by atoms with van der Waals surface area (Å²) in [5.74, 6) is 0.453. The van der Waals surface area contributed by atoms with Gasteiger partial charge in [0.15, 0.2) is 5.82 Å². The highest BCUT2D eigenvalue weighted by atomic mass is 32.1. The van der Waals surface area contributed by atoms with E-state index >= 15 is 0 Å². The molecule has 2 rings (SSSR count). The maximum absolute atomic E-state index is 9.94. The molecule has 14 heavy (non-hydrogen) atoms. The molecule has 4 heteroatoms. The van der Waals surface area contributed by atoms with Crippen molar-refractivity contribution in [1.29, 1.82) is 0 Å². The van der Waals surface area contributed by atoms with E-state index < -0.39 is 6.10 Å². The fraction of sp³-hybridized carbons (Fsp3) is 0.200. The lowest BCUT2D eigenvalue weighted by Gasteiger charge is -2.07. The summed E-state index contributed by atoms with van der Waals surface area (Å²) in [4.78, 5) is 9.14. The Morgan fingerprint density at radius 3 is 2.64 bits per heavy atom. The van der Waals surface area contributed by atoms with Crippen molar-refractivity contribution in [3.8, 4) is 0 Å². The van der Waals surface area contributed by atoms with Crippen LogP contribution in [-0.2, 0) is 0 Å². The molecule has 0 fully saturated rings. The van der Waals surface area contributed by atoms with Gasteiger partial charge in [-0.05, 0) is 24.4 Å². The van der Waals surface area contributed by atoms with Crippen LogP contribution in [0.3, 0.4) is 0 Å². The Balaban J connectivity index is 2.34. The van der Waals surface area contributed by atoms with Gasteiger partial charge < -0.3 is 5.11 Å². The van der Waals surface area contributed by atoms with Gasteiger partial charge >= 0.3 is 0 Å². The number of aliphatic hydroxyl groups excluding tert-OH is 1. The molecule has 0 aliphatic carbocycles. The predicted octanol–water partition coefficient (Wildman–Crippen LogP) is 1.93. The zero-order valence-electron chi connectivity index (χ0n) is 7.71. The molecule has 0 bridgehead atoms. The van der Waals surface area contributed by atoms with Crippen LogP contribution in [-0.4, -0.2) is 15.1 Å². The van der Waals surface area contributed by atoms with E-state index in [2.05, 4.69) is 9.97 Å². The first-order chi connectivity index (χ1) is 6.79. The fourth-order valence-electron chi connectivity index (χ4n) is 1.27. The van der Waals surface area contributed by atoms with Crippen molar-refractivity contribution >= 4 is 11.3 Å². The maximum Gasteiger partial charge on any atom is 0.161 e. The van der Waals surface area contributed by atoms with Crippen molar-refractivity contribution in [3.63, 3.8) is 0 Å². The van der Waals surface area contributed by atoms with Crippen LogP contribution in [0.4, 0.5) is 0 Å². The monoisotopic (exact) mass is 206 g/mol. The lowest BCUT2D eigenvalue weighted by Crippen LogP contribution is -2.04. The molecule has 0 amide bonds. The average Bonchev–Trinajstić information content (AvgIpc) is 2.65. The smallest absolute Gasteiger partial charge is 0.161 e. The number of aryl methyl sites for hydroxylation is 1. The van der Waals surface area contributed by atoms with Gasteiger partial charge in [0.05, 0.1) is 0 Å². The normalized spacial score (nSPS) is 12.7. The summed E-state index contributed by atoms with van der Waals surface area (Å²) >= 11 is 1.61. The first-order valence-electron chi connectivity index (χ1n) is 4.28. The molecule has 0 aliphatic rings. The number of aliphatic hydroxyl groups is 1. The highest BCUT2D eigenvalue weighted by Gasteiger charge is 2.15. The molecule has 0 radical (unpaired) electrons. The molecule has 3 nitrogen and oxygen atoms in total. The number of thiophene rings is 1. The van der Waals surface area contributed by atoms with E-state index in [0.29, 0.717) is 5.82 Å². The van der Waals surface area contributed by atoms with Crippen LogP contribution in [0.5, 0.6) is 0 Å². The standard InChI is InChI=1S/C10H10N2OS/c1-7-8(3-6-14-7)9(13)10-11-4-2-5-12-10/h2-6,9,13H,1H3. The van der Waals surface area contributed by atoms with Crippen LogP contribution >= 0.6 is 11.3 Å². The average molecular weight is 206 g/mol. The minimum Gasteiger partial charge on any atom is -0.380 e. The van der Waals surface area contributed by atoms with Crippen molar-refractivity contribution in [2.24, 2.45) is 0 Å². The van der Waals surface area contributed by atoms with E-state index in [1.54, 1.807) is 29.8 Å². The van der Waals surface area contributed by atoms with Crippen molar-refractivity contribution < 1.29 is 5.11 Å². The Kier molecular flexibility index (Phi) is 2.56. The van der Waals surface area contributed by atoms with Gasteiger partial charge in [0.1, 0.15) is 6.10 Å². The van der Waals surface area contributed by atoms with Crippen molar-refractivity contribution in [1.82, 2.24) is 9.97 Å². The molecule has 72 valence electrons. The van der Waals surface area contributed by atoms with E-state index in [4.69, 9.17) is 0 Å². The van der Waals surface area contributed by atoms with Gasteiger partial charge in [-0.1, -0.05) is 0 Å². The summed E-state index contributed by atoms with van der Waals surface area (Å²) in [5, 5.41) is 11.9. The van der Waals surface area contributed by atoms with Crippen molar-refractivity contribution in [2.45, 2.75) is 13.0 Å². The van der Waals surface area contributed by atoms with Crippen LogP contribution in [0.25, 0.3) is 0 Å². The molecule has 0 saturated carbocycles. The molecule has 2 heterocycles. The minimum atomic E-state index is -0.706. The lowest BCUT2D eigenvalue weighted by atomic mass is 10.1. The van der Waals surface area contributed by atoms with Crippen molar-refractivity contribution in [2.75, 3.05) is 0 Å².